The smallest absolute Gasteiger partial charge is 0.314 e. The molecule has 0 saturated carbocycles. The number of hydrogen-bond acceptors (Lipinski definition) is 7. The topological polar surface area (TPSA) is 120 Å². The minimum atomic E-state index is -0.612. The van der Waals surface area contributed by atoms with E-state index in [2.05, 4.69) is 10.6 Å². The maximum Gasteiger partial charge on any atom is 0.314 e. The Balaban J connectivity index is 1.55. The molecule has 0 unspecified atom stereocenters. The number of anilines is 2. The zero-order valence-corrected chi connectivity index (χ0v) is 16.6. The molecule has 0 bridgehead atoms. The lowest BCUT2D eigenvalue weighted by Crippen LogP contribution is -2.20. The summed E-state index contributed by atoms with van der Waals surface area (Å²) in [5, 5.41) is 18.3. The summed E-state index contributed by atoms with van der Waals surface area (Å²) < 4.78 is 10.2. The number of nitrogens with one attached hydrogen (secondary N) is 2. The number of carbonyl (C=O) groups is 2. The van der Waals surface area contributed by atoms with Crippen molar-refractivity contribution < 1.29 is 24.0 Å². The van der Waals surface area contributed by atoms with Gasteiger partial charge in [0, 0.05) is 11.4 Å². The van der Waals surface area contributed by atoms with Gasteiger partial charge in [0.25, 0.3) is 11.8 Å². The third-order valence-corrected chi connectivity index (χ3v) is 4.76. The van der Waals surface area contributed by atoms with Crippen LogP contribution in [-0.2, 0) is 4.79 Å². The Morgan fingerprint density at radius 3 is 2.37 bits per heavy atom. The number of rotatable bonds is 8. The first kappa shape index (κ1) is 20.8. The molecule has 0 spiro atoms. The lowest BCUT2D eigenvalue weighted by molar-refractivity contribution is -0.385. The maximum absolute atomic E-state index is 12.1. The van der Waals surface area contributed by atoms with E-state index in [0.29, 0.717) is 22.0 Å². The van der Waals surface area contributed by atoms with E-state index in [-0.39, 0.29) is 17.3 Å². The van der Waals surface area contributed by atoms with Crippen LogP contribution < -0.4 is 20.1 Å². The largest absolute Gasteiger partial charge is 0.496 e. The average Bonchev–Trinajstić information content (AvgIpc) is 3.28. The van der Waals surface area contributed by atoms with E-state index in [4.69, 9.17) is 9.47 Å². The van der Waals surface area contributed by atoms with Gasteiger partial charge in [-0.1, -0.05) is 6.07 Å². The molecule has 9 nitrogen and oxygen atoms in total. The minimum absolute atomic E-state index is 0.0393. The average molecular weight is 427 g/mol. The van der Waals surface area contributed by atoms with Gasteiger partial charge in [0.1, 0.15) is 5.75 Å². The van der Waals surface area contributed by atoms with E-state index in [1.54, 1.807) is 36.4 Å². The third kappa shape index (κ3) is 5.32. The highest BCUT2D eigenvalue weighted by molar-refractivity contribution is 7.12. The van der Waals surface area contributed by atoms with Gasteiger partial charge >= 0.3 is 5.69 Å². The quantitative estimate of drug-likeness (QED) is 0.415. The minimum Gasteiger partial charge on any atom is -0.496 e. The summed E-state index contributed by atoms with van der Waals surface area (Å²) in [6.45, 7) is -0.413. The Morgan fingerprint density at radius 2 is 1.77 bits per heavy atom. The predicted octanol–water partition coefficient (Wildman–Crippen LogP) is 3.93. The molecule has 0 atom stereocenters. The molecule has 10 heteroatoms. The molecule has 0 aliphatic carbocycles. The summed E-state index contributed by atoms with van der Waals surface area (Å²) in [7, 11) is 1.39. The lowest BCUT2D eigenvalue weighted by Gasteiger charge is -2.09. The molecule has 3 aromatic rings. The second kappa shape index (κ2) is 9.52. The summed E-state index contributed by atoms with van der Waals surface area (Å²) in [5.41, 5.74) is 0.770. The van der Waals surface area contributed by atoms with Crippen LogP contribution in [0.3, 0.4) is 0 Å². The van der Waals surface area contributed by atoms with Crippen LogP contribution in [0.2, 0.25) is 0 Å². The van der Waals surface area contributed by atoms with Crippen molar-refractivity contribution in [1.82, 2.24) is 0 Å². The van der Waals surface area contributed by atoms with Crippen LogP contribution in [0.4, 0.5) is 17.1 Å². The molecule has 154 valence electrons. The molecule has 0 fully saturated rings. The van der Waals surface area contributed by atoms with Gasteiger partial charge in [0.05, 0.1) is 23.0 Å². The highest BCUT2D eigenvalue weighted by Crippen LogP contribution is 2.31. The van der Waals surface area contributed by atoms with Crippen LogP contribution in [0.25, 0.3) is 0 Å². The molecule has 0 aliphatic heterocycles. The van der Waals surface area contributed by atoms with Gasteiger partial charge in [0.15, 0.2) is 12.4 Å². The molecular formula is C20H17N3O6S. The maximum atomic E-state index is 12.1. The number of thiophene rings is 1. The van der Waals surface area contributed by atoms with E-state index in [0.717, 1.165) is 0 Å². The third-order valence-electron chi connectivity index (χ3n) is 3.89. The molecule has 3 rings (SSSR count). The number of carbonyl (C=O) groups excluding carboxylic acids is 2. The SMILES string of the molecule is COc1ccc(OCC(=O)Nc2ccc(NC(=O)c3cccs3)cc2)c([N+](=O)[O-])c1. The van der Waals surface area contributed by atoms with Crippen molar-refractivity contribution in [3.63, 3.8) is 0 Å². The fourth-order valence-electron chi connectivity index (χ4n) is 2.47. The highest BCUT2D eigenvalue weighted by atomic mass is 32.1. The fourth-order valence-corrected chi connectivity index (χ4v) is 3.09. The first-order valence-corrected chi connectivity index (χ1v) is 9.54. The van der Waals surface area contributed by atoms with E-state index >= 15 is 0 Å². The van der Waals surface area contributed by atoms with Gasteiger partial charge in [-0.2, -0.15) is 0 Å². The fraction of sp³-hybridized carbons (Fsp3) is 0.100. The molecule has 0 aliphatic rings. The molecular weight excluding hydrogens is 410 g/mol. The van der Waals surface area contributed by atoms with Gasteiger partial charge in [-0.3, -0.25) is 19.7 Å². The number of hydrogen-bond donors (Lipinski definition) is 2. The first-order chi connectivity index (χ1) is 14.5. The first-order valence-electron chi connectivity index (χ1n) is 8.66. The number of amides is 2. The molecule has 0 saturated heterocycles. The Kier molecular flexibility index (Phi) is 6.60. The molecule has 2 N–H and O–H groups in total. The van der Waals surface area contributed by atoms with Crippen molar-refractivity contribution in [2.45, 2.75) is 0 Å². The molecule has 2 amide bonds. The Labute approximate surface area is 175 Å². The van der Waals surface area contributed by atoms with Crippen LogP contribution in [0.5, 0.6) is 11.5 Å². The second-order valence-electron chi connectivity index (χ2n) is 5.94. The monoisotopic (exact) mass is 427 g/mol. The van der Waals surface area contributed by atoms with Gasteiger partial charge < -0.3 is 20.1 Å². The number of ether oxygens (including phenoxy) is 2. The van der Waals surface area contributed by atoms with Crippen molar-refractivity contribution in [3.05, 3.63) is 75.0 Å². The summed E-state index contributed by atoms with van der Waals surface area (Å²) in [6.07, 6.45) is 0. The van der Waals surface area contributed by atoms with Crippen LogP contribution in [0, 0.1) is 10.1 Å². The van der Waals surface area contributed by atoms with E-state index in [1.807, 2.05) is 5.38 Å². The van der Waals surface area contributed by atoms with E-state index in [9.17, 15) is 19.7 Å². The molecule has 2 aromatic carbocycles. The Bertz CT molecular complexity index is 1050. The van der Waals surface area contributed by atoms with E-state index < -0.39 is 17.4 Å². The second-order valence-corrected chi connectivity index (χ2v) is 6.88. The summed E-state index contributed by atoms with van der Waals surface area (Å²) >= 11 is 1.34. The number of methoxy groups -OCH3 is 1. The van der Waals surface area contributed by atoms with Gasteiger partial charge in [-0.25, -0.2) is 0 Å². The summed E-state index contributed by atoms with van der Waals surface area (Å²) in [4.78, 5) is 35.3. The van der Waals surface area contributed by atoms with E-state index in [1.165, 1.54) is 36.6 Å². The highest BCUT2D eigenvalue weighted by Gasteiger charge is 2.17. The zero-order chi connectivity index (χ0) is 21.5. The number of nitro groups is 1. The van der Waals surface area contributed by atoms with Crippen molar-refractivity contribution >= 4 is 40.2 Å². The summed E-state index contributed by atoms with van der Waals surface area (Å²) in [5.74, 6) is -0.431. The molecule has 0 radical (unpaired) electrons. The number of nitro benzene ring substituents is 1. The lowest BCUT2D eigenvalue weighted by atomic mass is 10.2. The standard InChI is InChI=1S/C20H17N3O6S/c1-28-15-8-9-17(16(11-15)23(26)27)29-12-19(24)21-13-4-6-14(7-5-13)22-20(25)18-3-2-10-30-18/h2-11H,12H2,1H3,(H,21,24)(H,22,25). The van der Waals surface area contributed by atoms with Crippen LogP contribution in [0.15, 0.2) is 60.0 Å². The zero-order valence-electron chi connectivity index (χ0n) is 15.8. The summed E-state index contributed by atoms with van der Waals surface area (Å²) in [6, 6.07) is 14.2. The number of benzene rings is 2. The van der Waals surface area contributed by atoms with Gasteiger partial charge in [-0.05, 0) is 47.8 Å². The molecule has 30 heavy (non-hydrogen) atoms. The van der Waals surface area contributed by atoms with Crippen LogP contribution >= 0.6 is 11.3 Å². The number of nitrogens with zero attached hydrogens (tertiary/aromatic N) is 1. The Hall–Kier alpha value is -3.92. The van der Waals surface area contributed by atoms with Crippen LogP contribution in [-0.4, -0.2) is 30.5 Å². The Morgan fingerprint density at radius 1 is 1.07 bits per heavy atom. The van der Waals surface area contributed by atoms with Crippen molar-refractivity contribution in [2.75, 3.05) is 24.4 Å². The van der Waals surface area contributed by atoms with Gasteiger partial charge in [-0.15, -0.1) is 11.3 Å². The molecule has 1 aromatic heterocycles. The van der Waals surface area contributed by atoms with Crippen molar-refractivity contribution in [3.8, 4) is 11.5 Å². The normalized spacial score (nSPS) is 10.2. The van der Waals surface area contributed by atoms with Crippen molar-refractivity contribution in [2.24, 2.45) is 0 Å². The van der Waals surface area contributed by atoms with Gasteiger partial charge in [0.2, 0.25) is 0 Å². The van der Waals surface area contributed by atoms with Crippen LogP contribution in [0.1, 0.15) is 9.67 Å². The molecule has 1 heterocycles. The predicted molar refractivity (Wildman–Crippen MR) is 112 cm³/mol. The van der Waals surface area contributed by atoms with Crippen molar-refractivity contribution in [1.29, 1.82) is 0 Å².